The summed E-state index contributed by atoms with van der Waals surface area (Å²) < 4.78 is 15.8. The van der Waals surface area contributed by atoms with Crippen LogP contribution < -0.4 is 16.0 Å². The Kier molecular flexibility index (Phi) is 7.21. The van der Waals surface area contributed by atoms with Crippen molar-refractivity contribution in [3.8, 4) is 0 Å². The van der Waals surface area contributed by atoms with E-state index in [1.807, 2.05) is 6.07 Å². The minimum absolute atomic E-state index is 0.0598. The van der Waals surface area contributed by atoms with E-state index in [4.69, 9.17) is 23.2 Å². The van der Waals surface area contributed by atoms with E-state index in [0.717, 1.165) is 25.7 Å². The predicted molar refractivity (Wildman–Crippen MR) is 150 cm³/mol. The molecule has 2 aliphatic carbocycles. The molecule has 39 heavy (non-hydrogen) atoms. The third-order valence-electron chi connectivity index (χ3n) is 9.02. The lowest BCUT2D eigenvalue weighted by molar-refractivity contribution is -0.124. The summed E-state index contributed by atoms with van der Waals surface area (Å²) in [6.07, 6.45) is 8.31. The first-order valence-corrected chi connectivity index (χ1v) is 14.5. The standard InChI is InChI=1S/C30H32Cl2FN3O3/c31-17-8-13-21-23(15-17)35-29(39)30(21)24(14-16-4-1-2-5-16)36-27(25(30)20-6-3-7-22(32)26(20)33)28(38)34-18-9-11-19(37)12-10-18/h3,6-8,13-15,18-19,24-25,27,36-37H,1-2,4-5,9-12H2,(H,34,38)(H,35,39)/t18?,19?,24-,25+,27-,30+/m1/s1. The van der Waals surface area contributed by atoms with Crippen LogP contribution in [0.5, 0.6) is 0 Å². The molecule has 9 heteroatoms. The van der Waals surface area contributed by atoms with Gasteiger partial charge in [0.2, 0.25) is 11.8 Å². The smallest absolute Gasteiger partial charge is 0.238 e. The van der Waals surface area contributed by atoms with E-state index in [1.54, 1.807) is 24.3 Å². The molecule has 206 valence electrons. The van der Waals surface area contributed by atoms with Gasteiger partial charge in [0.25, 0.3) is 0 Å². The maximum atomic E-state index is 15.8. The molecular formula is C30H32Cl2FN3O3. The fraction of sp³-hybridized carbons (Fsp3) is 0.467. The van der Waals surface area contributed by atoms with Gasteiger partial charge < -0.3 is 15.7 Å². The summed E-state index contributed by atoms with van der Waals surface area (Å²) in [6, 6.07) is 8.45. The number of anilines is 1. The first kappa shape index (κ1) is 26.8. The number of carbonyl (C=O) groups is 2. The molecule has 0 unspecified atom stereocenters. The number of amides is 2. The molecule has 2 saturated carbocycles. The molecule has 1 saturated heterocycles. The van der Waals surface area contributed by atoms with Crippen molar-refractivity contribution < 1.29 is 19.1 Å². The van der Waals surface area contributed by atoms with Gasteiger partial charge >= 0.3 is 0 Å². The van der Waals surface area contributed by atoms with Gasteiger partial charge in [0.05, 0.1) is 17.2 Å². The Morgan fingerprint density at radius 1 is 1.10 bits per heavy atom. The van der Waals surface area contributed by atoms with Gasteiger partial charge in [-0.1, -0.05) is 53.1 Å². The Morgan fingerprint density at radius 3 is 2.59 bits per heavy atom. The highest BCUT2D eigenvalue weighted by molar-refractivity contribution is 6.31. The molecule has 2 aliphatic heterocycles. The molecular weight excluding hydrogens is 540 g/mol. The summed E-state index contributed by atoms with van der Waals surface area (Å²) in [5.74, 6) is -2.10. The van der Waals surface area contributed by atoms with Crippen LogP contribution in [0.3, 0.4) is 0 Å². The molecule has 0 radical (unpaired) electrons. The second-order valence-electron chi connectivity index (χ2n) is 11.3. The number of nitrogens with one attached hydrogen (secondary N) is 3. The van der Waals surface area contributed by atoms with E-state index in [-0.39, 0.29) is 34.5 Å². The minimum atomic E-state index is -1.30. The number of fused-ring (bicyclic) bond motifs is 2. The van der Waals surface area contributed by atoms with Crippen LogP contribution in [0.2, 0.25) is 10.0 Å². The second-order valence-corrected chi connectivity index (χ2v) is 12.1. The lowest BCUT2D eigenvalue weighted by Crippen LogP contribution is -2.49. The Labute approximate surface area is 237 Å². The number of hydrogen-bond acceptors (Lipinski definition) is 4. The SMILES string of the molecule is O=C(NC1CCC(O)CC1)[C@@H]1N[C@H](C=C2CCCC2)[C@]2(C(=O)Nc3cc(Cl)ccc32)[C@H]1c1cccc(Cl)c1F. The highest BCUT2D eigenvalue weighted by Crippen LogP contribution is 2.56. The normalized spacial score (nSPS) is 31.8. The van der Waals surface area contributed by atoms with Crippen LogP contribution in [0.1, 0.15) is 68.4 Å². The van der Waals surface area contributed by atoms with Crippen molar-refractivity contribution >= 4 is 40.7 Å². The molecule has 2 amide bonds. The largest absolute Gasteiger partial charge is 0.393 e. The zero-order valence-corrected chi connectivity index (χ0v) is 23.0. The number of rotatable bonds is 4. The Bertz CT molecular complexity index is 1330. The fourth-order valence-electron chi connectivity index (χ4n) is 7.16. The van der Waals surface area contributed by atoms with Gasteiger partial charge in [-0.3, -0.25) is 14.9 Å². The summed E-state index contributed by atoms with van der Waals surface area (Å²) in [5, 5.41) is 20.0. The first-order chi connectivity index (χ1) is 18.8. The van der Waals surface area contributed by atoms with Gasteiger partial charge in [-0.15, -0.1) is 0 Å². The van der Waals surface area contributed by atoms with E-state index < -0.39 is 29.2 Å². The number of benzene rings is 2. The van der Waals surface area contributed by atoms with Crippen LogP contribution in [0.25, 0.3) is 0 Å². The van der Waals surface area contributed by atoms with E-state index in [0.29, 0.717) is 42.0 Å². The van der Waals surface area contributed by atoms with Crippen molar-refractivity contribution in [2.75, 3.05) is 5.32 Å². The zero-order chi connectivity index (χ0) is 27.3. The van der Waals surface area contributed by atoms with Crippen LogP contribution in [-0.4, -0.2) is 41.2 Å². The topological polar surface area (TPSA) is 90.5 Å². The highest BCUT2D eigenvalue weighted by atomic mass is 35.5. The average molecular weight is 573 g/mol. The lowest BCUT2D eigenvalue weighted by Gasteiger charge is -2.35. The number of aliphatic hydroxyl groups excluding tert-OH is 1. The Morgan fingerprint density at radius 2 is 1.85 bits per heavy atom. The Hall–Kier alpha value is -2.45. The molecule has 2 aromatic carbocycles. The average Bonchev–Trinajstić information content (AvgIpc) is 3.61. The molecule has 0 aromatic heterocycles. The van der Waals surface area contributed by atoms with Gasteiger partial charge in [0.15, 0.2) is 0 Å². The number of carbonyl (C=O) groups excluding carboxylic acids is 2. The molecule has 1 spiro atoms. The minimum Gasteiger partial charge on any atom is -0.393 e. The van der Waals surface area contributed by atoms with Crippen LogP contribution >= 0.6 is 23.2 Å². The molecule has 4 N–H and O–H groups in total. The van der Waals surface area contributed by atoms with Gasteiger partial charge in [0.1, 0.15) is 11.2 Å². The zero-order valence-electron chi connectivity index (χ0n) is 21.5. The summed E-state index contributed by atoms with van der Waals surface area (Å²) in [6.45, 7) is 0. The molecule has 6 rings (SSSR count). The molecule has 3 fully saturated rings. The van der Waals surface area contributed by atoms with Crippen molar-refractivity contribution in [3.63, 3.8) is 0 Å². The van der Waals surface area contributed by atoms with Crippen molar-refractivity contribution in [3.05, 3.63) is 75.0 Å². The summed E-state index contributed by atoms with van der Waals surface area (Å²) >= 11 is 12.6. The maximum absolute atomic E-state index is 15.8. The van der Waals surface area contributed by atoms with Gasteiger partial charge in [0, 0.05) is 28.7 Å². The monoisotopic (exact) mass is 571 g/mol. The number of hydrogen-bond donors (Lipinski definition) is 4. The van der Waals surface area contributed by atoms with E-state index in [1.165, 1.54) is 11.6 Å². The summed E-state index contributed by atoms with van der Waals surface area (Å²) in [7, 11) is 0. The predicted octanol–water partition coefficient (Wildman–Crippen LogP) is 5.37. The van der Waals surface area contributed by atoms with E-state index in [2.05, 4.69) is 22.0 Å². The van der Waals surface area contributed by atoms with Gasteiger partial charge in [-0.2, -0.15) is 0 Å². The Balaban J connectivity index is 1.51. The number of allylic oxidation sites excluding steroid dienone is 1. The van der Waals surface area contributed by atoms with Crippen LogP contribution in [0, 0.1) is 5.82 Å². The van der Waals surface area contributed by atoms with E-state index >= 15 is 4.39 Å². The fourth-order valence-corrected chi connectivity index (χ4v) is 7.51. The van der Waals surface area contributed by atoms with Crippen LogP contribution in [-0.2, 0) is 15.0 Å². The molecule has 2 heterocycles. The second kappa shape index (κ2) is 10.5. The summed E-state index contributed by atoms with van der Waals surface area (Å²) in [5.41, 5.74) is 1.41. The van der Waals surface area contributed by atoms with Crippen molar-refractivity contribution in [2.24, 2.45) is 0 Å². The summed E-state index contributed by atoms with van der Waals surface area (Å²) in [4.78, 5) is 28.2. The van der Waals surface area contributed by atoms with Crippen LogP contribution in [0.15, 0.2) is 48.0 Å². The molecule has 4 atom stereocenters. The number of halogens is 3. The third-order valence-corrected chi connectivity index (χ3v) is 9.54. The molecule has 0 bridgehead atoms. The molecule has 6 nitrogen and oxygen atoms in total. The van der Waals surface area contributed by atoms with E-state index in [9.17, 15) is 14.7 Å². The number of aliphatic hydroxyl groups is 1. The molecule has 2 aromatic rings. The van der Waals surface area contributed by atoms with Crippen LogP contribution in [0.4, 0.5) is 10.1 Å². The lowest BCUT2D eigenvalue weighted by atomic mass is 9.64. The van der Waals surface area contributed by atoms with Crippen molar-refractivity contribution in [2.45, 2.75) is 86.9 Å². The maximum Gasteiger partial charge on any atom is 0.238 e. The molecule has 4 aliphatic rings. The quantitative estimate of drug-likeness (QED) is 0.371. The van der Waals surface area contributed by atoms with Crippen molar-refractivity contribution in [1.29, 1.82) is 0 Å². The van der Waals surface area contributed by atoms with Gasteiger partial charge in [-0.05, 0) is 80.7 Å². The van der Waals surface area contributed by atoms with Gasteiger partial charge in [-0.25, -0.2) is 4.39 Å². The highest BCUT2D eigenvalue weighted by Gasteiger charge is 2.65. The van der Waals surface area contributed by atoms with Crippen molar-refractivity contribution in [1.82, 2.24) is 10.6 Å². The third kappa shape index (κ3) is 4.57. The first-order valence-electron chi connectivity index (χ1n) is 13.8.